The molecule has 3 aromatic rings. The molecule has 3 N–H and O–H groups in total. The van der Waals surface area contributed by atoms with Crippen molar-refractivity contribution in [3.05, 3.63) is 48.8 Å². The van der Waals surface area contributed by atoms with Crippen LogP contribution in [0.4, 0.5) is 0 Å². The first-order valence-electron chi connectivity index (χ1n) is 7.06. The van der Waals surface area contributed by atoms with Gasteiger partial charge in [-0.25, -0.2) is 0 Å². The van der Waals surface area contributed by atoms with Gasteiger partial charge in [0.1, 0.15) is 6.04 Å². The first-order chi connectivity index (χ1) is 10.5. The summed E-state index contributed by atoms with van der Waals surface area (Å²) in [5, 5.41) is 20.7. The van der Waals surface area contributed by atoms with Crippen molar-refractivity contribution in [1.82, 2.24) is 10.2 Å². The van der Waals surface area contributed by atoms with E-state index >= 15 is 0 Å². The van der Waals surface area contributed by atoms with Crippen molar-refractivity contribution in [3.8, 4) is 0 Å². The van der Waals surface area contributed by atoms with Gasteiger partial charge in [-0.2, -0.15) is 10.2 Å². The topological polar surface area (TPSA) is 89.1 Å². The highest BCUT2D eigenvalue weighted by molar-refractivity contribution is 5.97. The van der Waals surface area contributed by atoms with Gasteiger partial charge in [-0.15, -0.1) is 0 Å². The molecule has 0 spiro atoms. The molecule has 5 heteroatoms. The van der Waals surface area contributed by atoms with Crippen LogP contribution in [-0.4, -0.2) is 27.3 Å². The summed E-state index contributed by atoms with van der Waals surface area (Å²) in [4.78, 5) is 10.0. The van der Waals surface area contributed by atoms with Crippen LogP contribution in [0.2, 0.25) is 0 Å². The van der Waals surface area contributed by atoms with E-state index in [1.54, 1.807) is 26.2 Å². The van der Waals surface area contributed by atoms with Gasteiger partial charge >= 0.3 is 5.97 Å². The van der Waals surface area contributed by atoms with E-state index in [4.69, 9.17) is 10.8 Å². The predicted octanol–water partition coefficient (Wildman–Crippen LogP) is 2.84. The van der Waals surface area contributed by atoms with Crippen molar-refractivity contribution in [2.24, 2.45) is 11.7 Å². The second-order valence-corrected chi connectivity index (χ2v) is 5.43. The van der Waals surface area contributed by atoms with E-state index in [0.29, 0.717) is 0 Å². The van der Waals surface area contributed by atoms with Crippen molar-refractivity contribution in [3.63, 3.8) is 0 Å². The Morgan fingerprint density at radius 1 is 1.00 bits per heavy atom. The standard InChI is InChI=1S/C12H8N2.C5H11NO2/c1-2-4-10-6-12-8-14-13-7-11(12)5-9(10)3-1;1-3(2)4(6)5(7)8/h1-8H;3-4H,6H2,1-2H3,(H,7,8)/t;4-/m.0/s1. The number of aromatic nitrogens is 2. The molecule has 0 amide bonds. The maximum absolute atomic E-state index is 10.0. The number of benzene rings is 2. The van der Waals surface area contributed by atoms with E-state index < -0.39 is 12.0 Å². The zero-order valence-electron chi connectivity index (χ0n) is 12.6. The van der Waals surface area contributed by atoms with E-state index in [2.05, 4.69) is 34.5 Å². The van der Waals surface area contributed by atoms with Gasteiger partial charge in [0.25, 0.3) is 0 Å². The number of nitrogens with zero attached hydrogens (tertiary/aromatic N) is 2. The largest absolute Gasteiger partial charge is 0.480 e. The van der Waals surface area contributed by atoms with Gasteiger partial charge in [0, 0.05) is 10.8 Å². The average Bonchev–Trinajstić information content (AvgIpc) is 2.52. The van der Waals surface area contributed by atoms with E-state index in [0.717, 1.165) is 10.8 Å². The Hall–Kier alpha value is -2.53. The molecule has 22 heavy (non-hydrogen) atoms. The number of nitrogens with two attached hydrogens (primary N) is 1. The maximum Gasteiger partial charge on any atom is 0.320 e. The monoisotopic (exact) mass is 297 g/mol. The molecule has 3 rings (SSSR count). The van der Waals surface area contributed by atoms with E-state index in [-0.39, 0.29) is 5.92 Å². The summed E-state index contributed by atoms with van der Waals surface area (Å²) in [5.41, 5.74) is 5.16. The molecular weight excluding hydrogens is 278 g/mol. The summed E-state index contributed by atoms with van der Waals surface area (Å²) >= 11 is 0. The summed E-state index contributed by atoms with van der Waals surface area (Å²) in [6.45, 7) is 3.55. The lowest BCUT2D eigenvalue weighted by molar-refractivity contribution is -0.139. The van der Waals surface area contributed by atoms with Crippen LogP contribution >= 0.6 is 0 Å². The maximum atomic E-state index is 10.0. The van der Waals surface area contributed by atoms with Gasteiger partial charge in [-0.05, 0) is 28.8 Å². The lowest BCUT2D eigenvalue weighted by atomic mass is 10.1. The van der Waals surface area contributed by atoms with Crippen LogP contribution in [-0.2, 0) is 4.79 Å². The molecule has 0 aliphatic rings. The summed E-state index contributed by atoms with van der Waals surface area (Å²) in [5.74, 6) is -0.910. The highest BCUT2D eigenvalue weighted by Crippen LogP contribution is 2.20. The Labute approximate surface area is 128 Å². The van der Waals surface area contributed by atoms with E-state index in [9.17, 15) is 4.79 Å². The number of fused-ring (bicyclic) bond motifs is 2. The third-order valence-electron chi connectivity index (χ3n) is 3.42. The van der Waals surface area contributed by atoms with Gasteiger partial charge in [0.2, 0.25) is 0 Å². The predicted molar refractivity (Wildman–Crippen MR) is 87.5 cm³/mol. The SMILES string of the molecule is CC(C)[C@H](N)C(=O)O.c1ccc2cc3cnncc3cc2c1. The van der Waals surface area contributed by atoms with Crippen LogP contribution in [0.15, 0.2) is 48.8 Å². The van der Waals surface area contributed by atoms with Crippen LogP contribution < -0.4 is 5.73 Å². The van der Waals surface area contributed by atoms with Gasteiger partial charge in [0.05, 0.1) is 12.4 Å². The number of aliphatic carboxylic acids is 1. The molecule has 5 nitrogen and oxygen atoms in total. The minimum absolute atomic E-state index is 0.0208. The molecule has 0 aliphatic carbocycles. The first kappa shape index (κ1) is 15.9. The smallest absolute Gasteiger partial charge is 0.320 e. The van der Waals surface area contributed by atoms with Gasteiger partial charge in [-0.1, -0.05) is 38.1 Å². The second kappa shape index (κ2) is 6.95. The summed E-state index contributed by atoms with van der Waals surface area (Å²) < 4.78 is 0. The number of carbonyl (C=O) groups is 1. The Kier molecular flexibility index (Phi) is 5.01. The molecule has 0 saturated heterocycles. The Morgan fingerprint density at radius 3 is 1.77 bits per heavy atom. The number of hydrogen-bond acceptors (Lipinski definition) is 4. The third-order valence-corrected chi connectivity index (χ3v) is 3.42. The van der Waals surface area contributed by atoms with Crippen LogP contribution in [0.5, 0.6) is 0 Å². The normalized spacial score (nSPS) is 12.0. The van der Waals surface area contributed by atoms with Crippen LogP contribution in [0.3, 0.4) is 0 Å². The second-order valence-electron chi connectivity index (χ2n) is 5.43. The average molecular weight is 297 g/mol. The molecule has 1 heterocycles. The number of rotatable bonds is 2. The molecule has 2 aromatic carbocycles. The zero-order chi connectivity index (χ0) is 16.1. The van der Waals surface area contributed by atoms with Crippen molar-refractivity contribution in [1.29, 1.82) is 0 Å². The molecule has 0 unspecified atom stereocenters. The Morgan fingerprint density at radius 2 is 1.45 bits per heavy atom. The zero-order valence-corrected chi connectivity index (χ0v) is 12.6. The quantitative estimate of drug-likeness (QED) is 0.710. The molecule has 1 aromatic heterocycles. The molecule has 0 saturated carbocycles. The van der Waals surface area contributed by atoms with E-state index in [1.807, 2.05) is 12.1 Å². The first-order valence-corrected chi connectivity index (χ1v) is 7.06. The summed E-state index contributed by atoms with van der Waals surface area (Å²) in [6.07, 6.45) is 3.59. The van der Waals surface area contributed by atoms with Crippen LogP contribution in [0.1, 0.15) is 13.8 Å². The highest BCUT2D eigenvalue weighted by atomic mass is 16.4. The van der Waals surface area contributed by atoms with Gasteiger partial charge in [-0.3, -0.25) is 4.79 Å². The molecule has 0 radical (unpaired) electrons. The van der Waals surface area contributed by atoms with Gasteiger partial charge in [0.15, 0.2) is 0 Å². The molecule has 0 fully saturated rings. The highest BCUT2D eigenvalue weighted by Gasteiger charge is 2.14. The summed E-state index contributed by atoms with van der Waals surface area (Å²) in [6, 6.07) is 11.9. The molecule has 0 aliphatic heterocycles. The number of carboxylic acid groups (broad SMARTS) is 1. The van der Waals surface area contributed by atoms with Crippen molar-refractivity contribution >= 4 is 27.5 Å². The lowest BCUT2D eigenvalue weighted by Crippen LogP contribution is -2.34. The lowest BCUT2D eigenvalue weighted by Gasteiger charge is -2.07. The fraction of sp³-hybridized carbons (Fsp3) is 0.235. The van der Waals surface area contributed by atoms with Crippen LogP contribution in [0.25, 0.3) is 21.5 Å². The molecular formula is C17H19N3O2. The number of carboxylic acids is 1. The van der Waals surface area contributed by atoms with Crippen molar-refractivity contribution < 1.29 is 9.90 Å². The van der Waals surface area contributed by atoms with Crippen molar-refractivity contribution in [2.75, 3.05) is 0 Å². The minimum atomic E-state index is -0.931. The Bertz CT molecular complexity index is 682. The number of hydrogen-bond donors (Lipinski definition) is 2. The van der Waals surface area contributed by atoms with Gasteiger partial charge < -0.3 is 10.8 Å². The fourth-order valence-electron chi connectivity index (χ4n) is 1.98. The third kappa shape index (κ3) is 3.77. The van der Waals surface area contributed by atoms with E-state index in [1.165, 1.54) is 10.8 Å². The van der Waals surface area contributed by atoms with Crippen LogP contribution in [0, 0.1) is 5.92 Å². The molecule has 0 bridgehead atoms. The fourth-order valence-corrected chi connectivity index (χ4v) is 1.98. The minimum Gasteiger partial charge on any atom is -0.480 e. The summed E-state index contributed by atoms with van der Waals surface area (Å²) in [7, 11) is 0. The van der Waals surface area contributed by atoms with Crippen molar-refractivity contribution in [2.45, 2.75) is 19.9 Å². The molecule has 1 atom stereocenters. The Balaban J connectivity index is 0.000000192. The molecule has 114 valence electrons.